The van der Waals surface area contributed by atoms with E-state index >= 15 is 0 Å². The summed E-state index contributed by atoms with van der Waals surface area (Å²) in [5.41, 5.74) is 0. The van der Waals surface area contributed by atoms with Crippen molar-refractivity contribution in [3.63, 3.8) is 0 Å². The van der Waals surface area contributed by atoms with Crippen LogP contribution in [-0.4, -0.2) is 40.7 Å². The van der Waals surface area contributed by atoms with Gasteiger partial charge < -0.3 is 9.84 Å². The number of aromatic nitrogens is 2. The first-order valence-electron chi connectivity index (χ1n) is 7.47. The van der Waals surface area contributed by atoms with Crippen molar-refractivity contribution in [1.82, 2.24) is 20.4 Å². The Hall–Kier alpha value is -0.940. The van der Waals surface area contributed by atoms with E-state index in [4.69, 9.17) is 4.52 Å². The fourth-order valence-corrected chi connectivity index (χ4v) is 2.54. The maximum absolute atomic E-state index is 5.27. The molecule has 5 nitrogen and oxygen atoms in total. The molecule has 5 heteroatoms. The van der Waals surface area contributed by atoms with E-state index in [0.29, 0.717) is 12.0 Å². The zero-order valence-corrected chi connectivity index (χ0v) is 12.4. The second-order valence-corrected chi connectivity index (χ2v) is 5.73. The van der Waals surface area contributed by atoms with Crippen molar-refractivity contribution in [1.29, 1.82) is 0 Å². The lowest BCUT2D eigenvalue weighted by atomic mass is 10.2. The van der Waals surface area contributed by atoms with Gasteiger partial charge in [-0.2, -0.15) is 4.98 Å². The summed E-state index contributed by atoms with van der Waals surface area (Å²) in [7, 11) is 0. The van der Waals surface area contributed by atoms with Crippen LogP contribution in [0.3, 0.4) is 0 Å². The lowest BCUT2D eigenvalue weighted by Crippen LogP contribution is -2.37. The zero-order valence-electron chi connectivity index (χ0n) is 12.4. The van der Waals surface area contributed by atoms with Gasteiger partial charge in [-0.1, -0.05) is 25.9 Å². The molecule has 1 fully saturated rings. The van der Waals surface area contributed by atoms with Gasteiger partial charge in [0.2, 0.25) is 5.89 Å². The molecule has 0 bridgehead atoms. The van der Waals surface area contributed by atoms with Crippen LogP contribution in [0.1, 0.15) is 57.7 Å². The van der Waals surface area contributed by atoms with Gasteiger partial charge in [0.25, 0.3) is 0 Å². The topological polar surface area (TPSA) is 54.2 Å². The van der Waals surface area contributed by atoms with E-state index in [2.05, 4.69) is 41.1 Å². The minimum atomic E-state index is 0.303. The molecule has 1 N–H and O–H groups in total. The van der Waals surface area contributed by atoms with E-state index < -0.39 is 0 Å². The molecular weight excluding hydrogens is 240 g/mol. The van der Waals surface area contributed by atoms with Crippen molar-refractivity contribution in [2.75, 3.05) is 19.6 Å². The Morgan fingerprint density at radius 2 is 2.32 bits per heavy atom. The number of nitrogens with one attached hydrogen (secondary N) is 1. The molecule has 2 rings (SSSR count). The molecule has 2 heterocycles. The van der Waals surface area contributed by atoms with Crippen LogP contribution in [0.25, 0.3) is 0 Å². The second-order valence-electron chi connectivity index (χ2n) is 5.73. The Morgan fingerprint density at radius 1 is 1.47 bits per heavy atom. The Balaban J connectivity index is 1.90. The van der Waals surface area contributed by atoms with Crippen LogP contribution in [0, 0.1) is 0 Å². The lowest BCUT2D eigenvalue weighted by molar-refractivity contribution is 0.232. The highest BCUT2D eigenvalue weighted by atomic mass is 16.5. The third-order valence-electron chi connectivity index (χ3n) is 3.52. The monoisotopic (exact) mass is 266 g/mol. The second kappa shape index (κ2) is 7.01. The van der Waals surface area contributed by atoms with Gasteiger partial charge in [-0.05, 0) is 32.4 Å². The molecule has 0 amide bonds. The average molecular weight is 266 g/mol. The van der Waals surface area contributed by atoms with Crippen molar-refractivity contribution < 1.29 is 4.52 Å². The summed E-state index contributed by atoms with van der Waals surface area (Å²) in [5, 5.41) is 7.63. The smallest absolute Gasteiger partial charge is 0.229 e. The summed E-state index contributed by atoms with van der Waals surface area (Å²) in [4.78, 5) is 6.90. The maximum atomic E-state index is 5.27. The lowest BCUT2D eigenvalue weighted by Gasteiger charge is -2.23. The van der Waals surface area contributed by atoms with Gasteiger partial charge in [0.1, 0.15) is 0 Å². The van der Waals surface area contributed by atoms with Crippen LogP contribution in [0.4, 0.5) is 0 Å². The van der Waals surface area contributed by atoms with Crippen molar-refractivity contribution >= 4 is 0 Å². The molecule has 19 heavy (non-hydrogen) atoms. The number of nitrogens with zero attached hydrogens (tertiary/aromatic N) is 3. The van der Waals surface area contributed by atoms with Crippen molar-refractivity contribution in [2.45, 2.75) is 58.5 Å². The standard InChI is InChI=1S/C14H26N4O/c1-4-8-18(9-12-6-5-7-15-12)10-13-16-14(11(2)3)19-17-13/h11-12,15H,4-10H2,1-3H3. The molecule has 1 aliphatic heterocycles. The first kappa shape index (κ1) is 14.5. The van der Waals surface area contributed by atoms with Crippen LogP contribution in [-0.2, 0) is 6.54 Å². The largest absolute Gasteiger partial charge is 0.339 e. The highest BCUT2D eigenvalue weighted by Crippen LogP contribution is 2.13. The number of rotatable bonds is 7. The minimum absolute atomic E-state index is 0.303. The molecule has 1 unspecified atom stereocenters. The highest BCUT2D eigenvalue weighted by molar-refractivity contribution is 4.91. The van der Waals surface area contributed by atoms with Crippen LogP contribution < -0.4 is 5.32 Å². The first-order chi connectivity index (χ1) is 9.19. The minimum Gasteiger partial charge on any atom is -0.339 e. The summed E-state index contributed by atoms with van der Waals surface area (Å²) in [6.07, 6.45) is 3.73. The number of hydrogen-bond donors (Lipinski definition) is 1. The van der Waals surface area contributed by atoms with Gasteiger partial charge in [0, 0.05) is 18.5 Å². The summed E-state index contributed by atoms with van der Waals surface area (Å²) >= 11 is 0. The van der Waals surface area contributed by atoms with Gasteiger partial charge in [-0.25, -0.2) is 0 Å². The predicted molar refractivity (Wildman–Crippen MR) is 75.0 cm³/mol. The number of hydrogen-bond acceptors (Lipinski definition) is 5. The summed E-state index contributed by atoms with van der Waals surface area (Å²) in [6, 6.07) is 0.628. The molecule has 0 saturated carbocycles. The van der Waals surface area contributed by atoms with E-state index in [-0.39, 0.29) is 0 Å². The molecule has 0 aromatic carbocycles. The third kappa shape index (κ3) is 4.28. The van der Waals surface area contributed by atoms with E-state index in [1.165, 1.54) is 12.8 Å². The quantitative estimate of drug-likeness (QED) is 0.819. The van der Waals surface area contributed by atoms with Gasteiger partial charge in [0.05, 0.1) is 6.54 Å². The molecule has 108 valence electrons. The summed E-state index contributed by atoms with van der Waals surface area (Å²) in [5.74, 6) is 1.86. The third-order valence-corrected chi connectivity index (χ3v) is 3.52. The Morgan fingerprint density at radius 3 is 2.89 bits per heavy atom. The Bertz CT molecular complexity index is 371. The van der Waals surface area contributed by atoms with Gasteiger partial charge in [-0.3, -0.25) is 4.90 Å². The predicted octanol–water partition coefficient (Wildman–Crippen LogP) is 2.16. The normalized spacial score (nSPS) is 19.7. The molecule has 0 radical (unpaired) electrons. The van der Waals surface area contributed by atoms with Gasteiger partial charge in [0.15, 0.2) is 5.82 Å². The van der Waals surface area contributed by atoms with Crippen LogP contribution >= 0.6 is 0 Å². The molecule has 1 saturated heterocycles. The fourth-order valence-electron chi connectivity index (χ4n) is 2.54. The van der Waals surface area contributed by atoms with E-state index in [0.717, 1.165) is 44.3 Å². The molecule has 1 aliphatic rings. The SMILES string of the molecule is CCCN(Cc1noc(C(C)C)n1)CC1CCCN1. The Labute approximate surface area is 115 Å². The van der Waals surface area contributed by atoms with Crippen molar-refractivity contribution in [3.8, 4) is 0 Å². The van der Waals surface area contributed by atoms with Gasteiger partial charge in [-0.15, -0.1) is 0 Å². The highest BCUT2D eigenvalue weighted by Gasteiger charge is 2.19. The van der Waals surface area contributed by atoms with Gasteiger partial charge >= 0.3 is 0 Å². The molecule has 1 aromatic rings. The zero-order chi connectivity index (χ0) is 13.7. The Kier molecular flexibility index (Phi) is 5.34. The molecule has 1 atom stereocenters. The fraction of sp³-hybridized carbons (Fsp3) is 0.857. The van der Waals surface area contributed by atoms with Crippen LogP contribution in [0.2, 0.25) is 0 Å². The average Bonchev–Trinajstić information content (AvgIpc) is 3.00. The van der Waals surface area contributed by atoms with Crippen molar-refractivity contribution in [3.05, 3.63) is 11.7 Å². The van der Waals surface area contributed by atoms with E-state index in [1.807, 2.05) is 0 Å². The van der Waals surface area contributed by atoms with E-state index in [1.54, 1.807) is 0 Å². The maximum Gasteiger partial charge on any atom is 0.229 e. The van der Waals surface area contributed by atoms with E-state index in [9.17, 15) is 0 Å². The molecule has 1 aromatic heterocycles. The molecule has 0 spiro atoms. The molecular formula is C14H26N4O. The van der Waals surface area contributed by atoms with Crippen LogP contribution in [0.15, 0.2) is 4.52 Å². The van der Waals surface area contributed by atoms with Crippen LogP contribution in [0.5, 0.6) is 0 Å². The molecule has 0 aliphatic carbocycles. The summed E-state index contributed by atoms with van der Waals surface area (Å²) < 4.78 is 5.27. The summed E-state index contributed by atoms with van der Waals surface area (Å²) in [6.45, 7) is 10.5. The van der Waals surface area contributed by atoms with Crippen molar-refractivity contribution in [2.24, 2.45) is 0 Å². The first-order valence-corrected chi connectivity index (χ1v) is 7.47.